The van der Waals surface area contributed by atoms with Gasteiger partial charge in [-0.05, 0) is 30.9 Å². The number of cyclic esters (lactones) is 1. The minimum absolute atomic E-state index is 0.113. The first-order chi connectivity index (χ1) is 14.7. The summed E-state index contributed by atoms with van der Waals surface area (Å²) in [5, 5.41) is 0. The summed E-state index contributed by atoms with van der Waals surface area (Å²) in [5.74, 6) is -0.391. The molecule has 0 bridgehead atoms. The molecule has 1 aliphatic heterocycles. The predicted octanol–water partition coefficient (Wildman–Crippen LogP) is 5.11. The van der Waals surface area contributed by atoms with Crippen LogP contribution in [0.5, 0.6) is 0 Å². The minimum Gasteiger partial charge on any atom is -0.441 e. The summed E-state index contributed by atoms with van der Waals surface area (Å²) in [5.41, 5.74) is 1.70. The van der Waals surface area contributed by atoms with Gasteiger partial charge in [0.05, 0.1) is 6.04 Å². The maximum atomic E-state index is 13.4. The molecule has 1 heterocycles. The van der Waals surface area contributed by atoms with E-state index in [4.69, 9.17) is 4.74 Å². The standard InChI is InChI=1S/C26H34N2O3/c1-19(2)23-26(4,5)31-25(30)28(23)24(29)20(3)16-27(17-21-12-8-6-9-13-21)18-22-14-10-7-11-15-22/h6-15,19-20,23H,16-18H2,1-5H3/t20-,23-/m0/s1. The van der Waals surface area contributed by atoms with Crippen LogP contribution in [0.15, 0.2) is 60.7 Å². The smallest absolute Gasteiger partial charge is 0.417 e. The van der Waals surface area contributed by atoms with Gasteiger partial charge >= 0.3 is 6.09 Å². The largest absolute Gasteiger partial charge is 0.441 e. The van der Waals surface area contributed by atoms with E-state index >= 15 is 0 Å². The van der Waals surface area contributed by atoms with E-state index in [1.807, 2.05) is 71.0 Å². The van der Waals surface area contributed by atoms with Crippen molar-refractivity contribution in [1.82, 2.24) is 9.80 Å². The Kier molecular flexibility index (Phi) is 7.16. The Labute approximate surface area is 186 Å². The van der Waals surface area contributed by atoms with E-state index in [0.29, 0.717) is 6.54 Å². The Bertz CT molecular complexity index is 839. The number of ether oxygens (including phenoxy) is 1. The van der Waals surface area contributed by atoms with E-state index < -0.39 is 11.7 Å². The van der Waals surface area contributed by atoms with Crippen LogP contribution < -0.4 is 0 Å². The third-order valence-electron chi connectivity index (χ3n) is 5.86. The monoisotopic (exact) mass is 422 g/mol. The second kappa shape index (κ2) is 9.65. The lowest BCUT2D eigenvalue weighted by molar-refractivity contribution is -0.135. The average molecular weight is 423 g/mol. The summed E-state index contributed by atoms with van der Waals surface area (Å²) in [6.45, 7) is 11.7. The lowest BCUT2D eigenvalue weighted by atomic mass is 9.88. The highest BCUT2D eigenvalue weighted by Gasteiger charge is 2.52. The number of rotatable bonds is 8. The minimum atomic E-state index is -0.686. The number of carbonyl (C=O) groups is 2. The van der Waals surface area contributed by atoms with E-state index in [1.165, 1.54) is 16.0 Å². The van der Waals surface area contributed by atoms with Crippen molar-refractivity contribution in [2.75, 3.05) is 6.54 Å². The molecular weight excluding hydrogens is 388 g/mol. The van der Waals surface area contributed by atoms with Gasteiger partial charge in [-0.3, -0.25) is 9.69 Å². The molecule has 2 atom stereocenters. The van der Waals surface area contributed by atoms with Crippen LogP contribution in [0.4, 0.5) is 4.79 Å². The lowest BCUT2D eigenvalue weighted by Gasteiger charge is -2.33. The van der Waals surface area contributed by atoms with Crippen LogP contribution >= 0.6 is 0 Å². The number of imide groups is 1. The molecule has 2 aromatic rings. The van der Waals surface area contributed by atoms with Crippen LogP contribution in [0.3, 0.4) is 0 Å². The van der Waals surface area contributed by atoms with Crippen LogP contribution in [-0.2, 0) is 22.6 Å². The van der Waals surface area contributed by atoms with Crippen LogP contribution in [0.25, 0.3) is 0 Å². The maximum Gasteiger partial charge on any atom is 0.417 e. The second-order valence-corrected chi connectivity index (χ2v) is 9.41. The van der Waals surface area contributed by atoms with Crippen molar-refractivity contribution in [3.05, 3.63) is 71.8 Å². The van der Waals surface area contributed by atoms with E-state index in [9.17, 15) is 9.59 Å². The third kappa shape index (κ3) is 5.53. The second-order valence-electron chi connectivity index (χ2n) is 9.41. The Morgan fingerprint density at radius 2 is 1.45 bits per heavy atom. The Morgan fingerprint density at radius 3 is 1.90 bits per heavy atom. The molecule has 5 nitrogen and oxygen atoms in total. The molecule has 166 valence electrons. The van der Waals surface area contributed by atoms with Gasteiger partial charge in [0, 0.05) is 25.6 Å². The van der Waals surface area contributed by atoms with Gasteiger partial charge in [-0.25, -0.2) is 9.69 Å². The zero-order chi connectivity index (χ0) is 22.6. The van der Waals surface area contributed by atoms with Crippen LogP contribution in [0.2, 0.25) is 0 Å². The topological polar surface area (TPSA) is 49.9 Å². The van der Waals surface area contributed by atoms with Gasteiger partial charge in [-0.15, -0.1) is 0 Å². The van der Waals surface area contributed by atoms with Gasteiger partial charge in [0.2, 0.25) is 5.91 Å². The fourth-order valence-electron chi connectivity index (χ4n) is 4.66. The van der Waals surface area contributed by atoms with Crippen molar-refractivity contribution >= 4 is 12.0 Å². The first-order valence-corrected chi connectivity index (χ1v) is 11.1. The molecular formula is C26H34N2O3. The summed E-state index contributed by atoms with van der Waals surface area (Å²) in [6.07, 6.45) is -0.529. The number of carbonyl (C=O) groups excluding carboxylic acids is 2. The average Bonchev–Trinajstić information content (AvgIpc) is 2.97. The van der Waals surface area contributed by atoms with Crippen molar-refractivity contribution in [2.45, 2.75) is 59.4 Å². The Balaban J connectivity index is 1.77. The Morgan fingerprint density at radius 1 is 0.968 bits per heavy atom. The van der Waals surface area contributed by atoms with E-state index in [2.05, 4.69) is 29.2 Å². The fourth-order valence-corrected chi connectivity index (χ4v) is 4.66. The lowest BCUT2D eigenvalue weighted by Crippen LogP contribution is -2.50. The van der Waals surface area contributed by atoms with Gasteiger partial charge in [0.15, 0.2) is 0 Å². The molecule has 5 heteroatoms. The zero-order valence-corrected chi connectivity index (χ0v) is 19.2. The summed E-state index contributed by atoms with van der Waals surface area (Å²) < 4.78 is 5.56. The van der Waals surface area contributed by atoms with Gasteiger partial charge in [-0.1, -0.05) is 81.4 Å². The number of nitrogens with zero attached hydrogens (tertiary/aromatic N) is 2. The van der Waals surface area contributed by atoms with Crippen molar-refractivity contribution in [3.8, 4) is 0 Å². The molecule has 0 radical (unpaired) electrons. The number of amides is 2. The van der Waals surface area contributed by atoms with Crippen LogP contribution in [0.1, 0.15) is 45.7 Å². The first-order valence-electron chi connectivity index (χ1n) is 11.1. The molecule has 3 rings (SSSR count). The zero-order valence-electron chi connectivity index (χ0n) is 19.2. The molecule has 2 amide bonds. The van der Waals surface area contributed by atoms with Crippen molar-refractivity contribution in [3.63, 3.8) is 0 Å². The molecule has 2 aromatic carbocycles. The summed E-state index contributed by atoms with van der Waals surface area (Å²) >= 11 is 0. The molecule has 0 unspecified atom stereocenters. The molecule has 0 spiro atoms. The van der Waals surface area contributed by atoms with Crippen molar-refractivity contribution in [2.24, 2.45) is 11.8 Å². The number of hydrogen-bond acceptors (Lipinski definition) is 4. The molecule has 1 fully saturated rings. The molecule has 0 aliphatic carbocycles. The highest BCUT2D eigenvalue weighted by molar-refractivity contribution is 5.95. The molecule has 31 heavy (non-hydrogen) atoms. The molecule has 1 aliphatic rings. The molecule has 0 aromatic heterocycles. The van der Waals surface area contributed by atoms with Gasteiger partial charge in [0.25, 0.3) is 0 Å². The molecule has 0 saturated carbocycles. The number of hydrogen-bond donors (Lipinski definition) is 0. The summed E-state index contributed by atoms with van der Waals surface area (Å²) in [6, 6.07) is 20.2. The van der Waals surface area contributed by atoms with E-state index in [0.717, 1.165) is 13.1 Å². The third-order valence-corrected chi connectivity index (χ3v) is 5.86. The quantitative estimate of drug-likeness (QED) is 0.593. The van der Waals surface area contributed by atoms with Crippen LogP contribution in [0, 0.1) is 11.8 Å². The predicted molar refractivity (Wildman–Crippen MR) is 122 cm³/mol. The first kappa shape index (κ1) is 23.0. The fraction of sp³-hybridized carbons (Fsp3) is 0.462. The van der Waals surface area contributed by atoms with E-state index in [-0.39, 0.29) is 23.8 Å². The highest BCUT2D eigenvalue weighted by Crippen LogP contribution is 2.35. The van der Waals surface area contributed by atoms with Crippen molar-refractivity contribution < 1.29 is 14.3 Å². The highest BCUT2D eigenvalue weighted by atomic mass is 16.6. The Hall–Kier alpha value is -2.66. The summed E-state index contributed by atoms with van der Waals surface area (Å²) in [7, 11) is 0. The molecule has 1 saturated heterocycles. The summed E-state index contributed by atoms with van der Waals surface area (Å²) in [4.78, 5) is 29.6. The number of benzene rings is 2. The molecule has 0 N–H and O–H groups in total. The SMILES string of the molecule is CC(C)[C@@H]1N(C(=O)[C@@H](C)CN(Cc2ccccc2)Cc2ccccc2)C(=O)OC1(C)C. The maximum absolute atomic E-state index is 13.4. The van der Waals surface area contributed by atoms with Crippen molar-refractivity contribution in [1.29, 1.82) is 0 Å². The normalized spacial score (nSPS) is 19.0. The van der Waals surface area contributed by atoms with Gasteiger partial charge < -0.3 is 4.74 Å². The van der Waals surface area contributed by atoms with Gasteiger partial charge in [0.1, 0.15) is 5.60 Å². The van der Waals surface area contributed by atoms with Gasteiger partial charge in [-0.2, -0.15) is 0 Å². The van der Waals surface area contributed by atoms with Crippen LogP contribution in [-0.4, -0.2) is 40.0 Å². The van der Waals surface area contributed by atoms with E-state index in [1.54, 1.807) is 0 Å².